The molecule has 0 saturated heterocycles. The molecule has 1 aliphatic rings. The van der Waals surface area contributed by atoms with E-state index in [1.807, 2.05) is 25.1 Å². The lowest BCUT2D eigenvalue weighted by Crippen LogP contribution is -2.27. The minimum Gasteiger partial charge on any atom is -0.353 e. The maximum absolute atomic E-state index is 8.62. The highest BCUT2D eigenvalue weighted by molar-refractivity contribution is 5.42. The van der Waals surface area contributed by atoms with Crippen LogP contribution in [0.2, 0.25) is 0 Å². The van der Waals surface area contributed by atoms with Gasteiger partial charge in [-0.2, -0.15) is 5.26 Å². The lowest BCUT2D eigenvalue weighted by Gasteiger charge is -2.22. The van der Waals surface area contributed by atoms with Crippen molar-refractivity contribution >= 4 is 5.82 Å². The van der Waals surface area contributed by atoms with E-state index in [0.717, 1.165) is 18.1 Å². The van der Waals surface area contributed by atoms with E-state index in [1.165, 1.54) is 12.8 Å². The van der Waals surface area contributed by atoms with E-state index in [2.05, 4.69) is 16.0 Å². The maximum atomic E-state index is 8.62. The SMILES string of the molecule is Cc1cccc(N(CCC#N)C2CC2)n1. The molecule has 1 saturated carbocycles. The van der Waals surface area contributed by atoms with E-state index in [9.17, 15) is 0 Å². The van der Waals surface area contributed by atoms with Crippen molar-refractivity contribution < 1.29 is 0 Å². The quantitative estimate of drug-likeness (QED) is 0.750. The zero-order chi connectivity index (χ0) is 10.7. The molecular weight excluding hydrogens is 186 g/mol. The standard InChI is InChI=1S/C12H15N3/c1-10-4-2-5-12(14-10)15(9-3-8-13)11-6-7-11/h2,4-5,11H,3,6-7,9H2,1H3. The molecule has 0 aliphatic heterocycles. The van der Waals surface area contributed by atoms with Gasteiger partial charge in [-0.3, -0.25) is 0 Å². The first-order valence-corrected chi connectivity index (χ1v) is 5.38. The van der Waals surface area contributed by atoms with Crippen molar-refractivity contribution in [1.29, 1.82) is 5.26 Å². The average molecular weight is 201 g/mol. The fourth-order valence-electron chi connectivity index (χ4n) is 1.73. The summed E-state index contributed by atoms with van der Waals surface area (Å²) in [5, 5.41) is 8.62. The van der Waals surface area contributed by atoms with Crippen molar-refractivity contribution in [2.75, 3.05) is 11.4 Å². The van der Waals surface area contributed by atoms with E-state index in [4.69, 9.17) is 5.26 Å². The second-order valence-corrected chi connectivity index (χ2v) is 3.97. The molecule has 15 heavy (non-hydrogen) atoms. The van der Waals surface area contributed by atoms with Gasteiger partial charge in [0.05, 0.1) is 12.5 Å². The van der Waals surface area contributed by atoms with Crippen LogP contribution >= 0.6 is 0 Å². The van der Waals surface area contributed by atoms with E-state index < -0.39 is 0 Å². The summed E-state index contributed by atoms with van der Waals surface area (Å²) in [5.74, 6) is 1.02. The second-order valence-electron chi connectivity index (χ2n) is 3.97. The number of nitriles is 1. The molecule has 1 heterocycles. The Balaban J connectivity index is 2.13. The molecule has 1 fully saturated rings. The Morgan fingerprint density at radius 3 is 2.93 bits per heavy atom. The minimum absolute atomic E-state index is 0.576. The van der Waals surface area contributed by atoms with Gasteiger partial charge in [0.15, 0.2) is 0 Å². The number of anilines is 1. The van der Waals surface area contributed by atoms with Crippen LogP contribution in [0.1, 0.15) is 25.0 Å². The number of pyridine rings is 1. The van der Waals surface area contributed by atoms with Crippen molar-refractivity contribution in [2.24, 2.45) is 0 Å². The molecule has 0 aromatic carbocycles. The molecule has 2 rings (SSSR count). The van der Waals surface area contributed by atoms with Crippen LogP contribution < -0.4 is 4.90 Å². The van der Waals surface area contributed by atoms with Crippen molar-refractivity contribution in [2.45, 2.75) is 32.2 Å². The molecule has 0 N–H and O–H groups in total. The zero-order valence-corrected chi connectivity index (χ0v) is 8.98. The van der Waals surface area contributed by atoms with Crippen molar-refractivity contribution in [1.82, 2.24) is 4.98 Å². The zero-order valence-electron chi connectivity index (χ0n) is 8.98. The molecule has 3 nitrogen and oxygen atoms in total. The largest absolute Gasteiger partial charge is 0.353 e. The summed E-state index contributed by atoms with van der Waals surface area (Å²) < 4.78 is 0. The monoisotopic (exact) mass is 201 g/mol. The van der Waals surface area contributed by atoms with Crippen LogP contribution in [0.15, 0.2) is 18.2 Å². The minimum atomic E-state index is 0.576. The molecule has 0 spiro atoms. The third kappa shape index (κ3) is 2.47. The van der Waals surface area contributed by atoms with Crippen molar-refractivity contribution in [3.05, 3.63) is 23.9 Å². The average Bonchev–Trinajstić information content (AvgIpc) is 3.03. The molecule has 3 heteroatoms. The maximum Gasteiger partial charge on any atom is 0.129 e. The Hall–Kier alpha value is -1.56. The fraction of sp³-hybridized carbons (Fsp3) is 0.500. The lowest BCUT2D eigenvalue weighted by molar-refractivity contribution is 0.776. The summed E-state index contributed by atoms with van der Waals surface area (Å²) in [6.07, 6.45) is 3.05. The van der Waals surface area contributed by atoms with Crippen LogP contribution in [-0.2, 0) is 0 Å². The first kappa shape index (κ1) is 9.97. The second kappa shape index (κ2) is 4.31. The Labute approximate surface area is 90.4 Å². The highest BCUT2D eigenvalue weighted by Gasteiger charge is 2.29. The van der Waals surface area contributed by atoms with Gasteiger partial charge in [-0.15, -0.1) is 0 Å². The molecule has 78 valence electrons. The molecule has 0 unspecified atom stereocenters. The third-order valence-electron chi connectivity index (χ3n) is 2.62. The topological polar surface area (TPSA) is 39.9 Å². The van der Waals surface area contributed by atoms with Crippen LogP contribution in [0, 0.1) is 18.3 Å². The first-order chi connectivity index (χ1) is 7.31. The predicted octanol–water partition coefficient (Wildman–Crippen LogP) is 2.27. The lowest BCUT2D eigenvalue weighted by atomic mass is 10.3. The van der Waals surface area contributed by atoms with Crippen LogP contribution in [0.4, 0.5) is 5.82 Å². The van der Waals surface area contributed by atoms with E-state index in [-0.39, 0.29) is 0 Å². The number of hydrogen-bond donors (Lipinski definition) is 0. The van der Waals surface area contributed by atoms with Gasteiger partial charge < -0.3 is 4.90 Å². The number of aryl methyl sites for hydroxylation is 1. The van der Waals surface area contributed by atoms with Crippen LogP contribution in [0.5, 0.6) is 0 Å². The highest BCUT2D eigenvalue weighted by atomic mass is 15.2. The summed E-state index contributed by atoms with van der Waals surface area (Å²) in [7, 11) is 0. The number of nitrogens with zero attached hydrogens (tertiary/aromatic N) is 3. The van der Waals surface area contributed by atoms with Gasteiger partial charge in [-0.05, 0) is 31.9 Å². The molecule has 1 aliphatic carbocycles. The summed E-state index contributed by atoms with van der Waals surface area (Å²) in [4.78, 5) is 6.76. The summed E-state index contributed by atoms with van der Waals surface area (Å²) in [6.45, 7) is 2.80. The fourth-order valence-corrected chi connectivity index (χ4v) is 1.73. The van der Waals surface area contributed by atoms with Gasteiger partial charge in [-0.25, -0.2) is 4.98 Å². The Kier molecular flexibility index (Phi) is 2.86. The van der Waals surface area contributed by atoms with Crippen molar-refractivity contribution in [3.63, 3.8) is 0 Å². The van der Waals surface area contributed by atoms with E-state index in [0.29, 0.717) is 12.5 Å². The Morgan fingerprint density at radius 2 is 2.33 bits per heavy atom. The third-order valence-corrected chi connectivity index (χ3v) is 2.62. The Morgan fingerprint density at radius 1 is 1.53 bits per heavy atom. The smallest absolute Gasteiger partial charge is 0.129 e. The molecule has 1 aromatic heterocycles. The van der Waals surface area contributed by atoms with Crippen LogP contribution in [0.25, 0.3) is 0 Å². The van der Waals surface area contributed by atoms with Crippen LogP contribution in [-0.4, -0.2) is 17.6 Å². The van der Waals surface area contributed by atoms with Crippen LogP contribution in [0.3, 0.4) is 0 Å². The molecule has 0 amide bonds. The molecule has 1 aromatic rings. The number of aromatic nitrogens is 1. The Bertz CT molecular complexity index is 377. The summed E-state index contributed by atoms with van der Waals surface area (Å²) in [5.41, 5.74) is 1.04. The molecule has 0 atom stereocenters. The van der Waals surface area contributed by atoms with Gasteiger partial charge in [0, 0.05) is 18.3 Å². The van der Waals surface area contributed by atoms with Crippen molar-refractivity contribution in [3.8, 4) is 6.07 Å². The number of hydrogen-bond acceptors (Lipinski definition) is 3. The first-order valence-electron chi connectivity index (χ1n) is 5.38. The molecule has 0 bridgehead atoms. The normalized spacial score (nSPS) is 14.7. The van der Waals surface area contributed by atoms with Gasteiger partial charge in [0.1, 0.15) is 5.82 Å². The predicted molar refractivity (Wildman–Crippen MR) is 59.6 cm³/mol. The van der Waals surface area contributed by atoms with Gasteiger partial charge in [0.25, 0.3) is 0 Å². The summed E-state index contributed by atoms with van der Waals surface area (Å²) >= 11 is 0. The van der Waals surface area contributed by atoms with Gasteiger partial charge in [-0.1, -0.05) is 6.07 Å². The van der Waals surface area contributed by atoms with Gasteiger partial charge in [0.2, 0.25) is 0 Å². The van der Waals surface area contributed by atoms with E-state index in [1.54, 1.807) is 0 Å². The molecule has 0 radical (unpaired) electrons. The number of rotatable bonds is 4. The van der Waals surface area contributed by atoms with E-state index >= 15 is 0 Å². The summed E-state index contributed by atoms with van der Waals surface area (Å²) in [6, 6.07) is 8.87. The highest BCUT2D eigenvalue weighted by Crippen LogP contribution is 2.30. The molecular formula is C12H15N3. The van der Waals surface area contributed by atoms with Gasteiger partial charge >= 0.3 is 0 Å².